The molecule has 2 rings (SSSR count). The van der Waals surface area contributed by atoms with E-state index in [2.05, 4.69) is 11.1 Å². The zero-order chi connectivity index (χ0) is 11.4. The van der Waals surface area contributed by atoms with Crippen LogP contribution in [-0.2, 0) is 6.42 Å². The zero-order valence-electron chi connectivity index (χ0n) is 8.60. The molecule has 0 aliphatic carbocycles. The minimum Gasteiger partial charge on any atom is -0.325 e. The van der Waals surface area contributed by atoms with Crippen molar-refractivity contribution in [1.82, 2.24) is 4.98 Å². The highest BCUT2D eigenvalue weighted by molar-refractivity contribution is 5.65. The van der Waals surface area contributed by atoms with Crippen LogP contribution in [0.1, 0.15) is 5.69 Å². The van der Waals surface area contributed by atoms with Crippen molar-refractivity contribution >= 4 is 0 Å². The summed E-state index contributed by atoms with van der Waals surface area (Å²) >= 11 is 0. The lowest BCUT2D eigenvalue weighted by atomic mass is 10.0. The van der Waals surface area contributed by atoms with Gasteiger partial charge in [-0.3, -0.25) is 4.79 Å². The van der Waals surface area contributed by atoms with Crippen LogP contribution < -0.4 is 5.56 Å². The number of H-pyrrole nitrogens is 1. The molecule has 78 valence electrons. The van der Waals surface area contributed by atoms with Gasteiger partial charge in [-0.15, -0.1) is 0 Å². The van der Waals surface area contributed by atoms with Crippen LogP contribution in [0.5, 0.6) is 0 Å². The maximum atomic E-state index is 11.2. The van der Waals surface area contributed by atoms with Gasteiger partial charge in [0.2, 0.25) is 5.56 Å². The van der Waals surface area contributed by atoms with Crippen molar-refractivity contribution in [2.45, 2.75) is 6.42 Å². The van der Waals surface area contributed by atoms with E-state index in [1.54, 1.807) is 6.07 Å². The van der Waals surface area contributed by atoms with Gasteiger partial charge in [-0.2, -0.15) is 5.26 Å². The van der Waals surface area contributed by atoms with E-state index in [-0.39, 0.29) is 12.0 Å². The van der Waals surface area contributed by atoms with E-state index in [9.17, 15) is 4.79 Å². The summed E-state index contributed by atoms with van der Waals surface area (Å²) in [4.78, 5) is 13.9. The average Bonchev–Trinajstić information content (AvgIpc) is 2.31. The van der Waals surface area contributed by atoms with Gasteiger partial charge in [0, 0.05) is 17.3 Å². The first-order valence-electron chi connectivity index (χ1n) is 4.96. The molecule has 0 saturated heterocycles. The molecule has 0 aliphatic heterocycles. The first-order valence-corrected chi connectivity index (χ1v) is 4.96. The first-order chi connectivity index (χ1) is 7.81. The van der Waals surface area contributed by atoms with E-state index in [1.807, 2.05) is 30.3 Å². The number of hydrogen-bond acceptors (Lipinski definition) is 2. The summed E-state index contributed by atoms with van der Waals surface area (Å²) in [5.74, 6) is 0. The van der Waals surface area contributed by atoms with Gasteiger partial charge in [0.25, 0.3) is 0 Å². The summed E-state index contributed by atoms with van der Waals surface area (Å²) in [5, 5.41) is 8.71. The van der Waals surface area contributed by atoms with Crippen LogP contribution in [0.3, 0.4) is 0 Å². The van der Waals surface area contributed by atoms with Crippen molar-refractivity contribution in [2.24, 2.45) is 0 Å². The van der Waals surface area contributed by atoms with Crippen LogP contribution in [0.4, 0.5) is 0 Å². The number of nitriles is 1. The molecule has 0 saturated carbocycles. The van der Waals surface area contributed by atoms with Crippen LogP contribution in [0.2, 0.25) is 0 Å². The number of pyridine rings is 1. The largest absolute Gasteiger partial charge is 0.325 e. The predicted octanol–water partition coefficient (Wildman–Crippen LogP) is 2.11. The number of nitrogens with one attached hydrogen (secondary N) is 1. The number of hydrogen-bond donors (Lipinski definition) is 1. The van der Waals surface area contributed by atoms with Crippen molar-refractivity contribution in [3.05, 3.63) is 58.5 Å². The minimum atomic E-state index is -0.176. The molecule has 1 heterocycles. The maximum absolute atomic E-state index is 11.2. The lowest BCUT2D eigenvalue weighted by Gasteiger charge is -2.05. The van der Waals surface area contributed by atoms with E-state index in [1.165, 1.54) is 6.07 Å². The number of rotatable bonds is 2. The van der Waals surface area contributed by atoms with E-state index in [0.717, 1.165) is 11.1 Å². The summed E-state index contributed by atoms with van der Waals surface area (Å²) in [6, 6.07) is 15.0. The van der Waals surface area contributed by atoms with Crippen LogP contribution in [-0.4, -0.2) is 4.98 Å². The Morgan fingerprint density at radius 1 is 1.12 bits per heavy atom. The second-order valence-electron chi connectivity index (χ2n) is 3.42. The molecule has 1 N–H and O–H groups in total. The summed E-state index contributed by atoms with van der Waals surface area (Å²) in [7, 11) is 0. The molecule has 0 radical (unpaired) electrons. The number of nitrogens with zero attached hydrogens (tertiary/aromatic N) is 1. The summed E-state index contributed by atoms with van der Waals surface area (Å²) in [6.07, 6.45) is 0.209. The van der Waals surface area contributed by atoms with Crippen molar-refractivity contribution < 1.29 is 0 Å². The molecule has 0 bridgehead atoms. The fraction of sp³-hybridized carbons (Fsp3) is 0.0769. The van der Waals surface area contributed by atoms with Gasteiger partial charge in [0.1, 0.15) is 0 Å². The molecule has 2 aromatic rings. The molecule has 3 heteroatoms. The van der Waals surface area contributed by atoms with Crippen molar-refractivity contribution in [3.8, 4) is 17.2 Å². The second kappa shape index (κ2) is 4.45. The molecular formula is C13H10N2O. The Balaban J connectivity index is 2.57. The number of aromatic nitrogens is 1. The lowest BCUT2D eigenvalue weighted by molar-refractivity contribution is 1.08. The molecule has 0 amide bonds. The molecule has 0 aliphatic rings. The van der Waals surface area contributed by atoms with Crippen LogP contribution >= 0.6 is 0 Å². The van der Waals surface area contributed by atoms with Gasteiger partial charge in [0.05, 0.1) is 12.5 Å². The molecule has 1 aromatic heterocycles. The predicted molar refractivity (Wildman–Crippen MR) is 61.8 cm³/mol. The Bertz CT molecular complexity index is 579. The third kappa shape index (κ3) is 2.01. The summed E-state index contributed by atoms with van der Waals surface area (Å²) in [6.45, 7) is 0. The van der Waals surface area contributed by atoms with Crippen LogP contribution in [0.25, 0.3) is 11.1 Å². The highest BCUT2D eigenvalue weighted by atomic mass is 16.1. The number of benzene rings is 1. The third-order valence-corrected chi connectivity index (χ3v) is 2.34. The second-order valence-corrected chi connectivity index (χ2v) is 3.42. The standard InChI is InChI=1S/C13H10N2O/c14-9-8-12-11(6-7-13(16)15-12)10-4-2-1-3-5-10/h1-7H,8H2,(H,15,16). The van der Waals surface area contributed by atoms with Crippen LogP contribution in [0, 0.1) is 11.3 Å². The normalized spacial score (nSPS) is 9.69. The quantitative estimate of drug-likeness (QED) is 0.825. The Hall–Kier alpha value is -2.34. The lowest BCUT2D eigenvalue weighted by Crippen LogP contribution is -2.08. The van der Waals surface area contributed by atoms with E-state index in [4.69, 9.17) is 5.26 Å². The molecule has 0 spiro atoms. The fourth-order valence-corrected chi connectivity index (χ4v) is 1.62. The number of aromatic amines is 1. The minimum absolute atomic E-state index is 0.176. The molecule has 0 unspecified atom stereocenters. The maximum Gasteiger partial charge on any atom is 0.248 e. The van der Waals surface area contributed by atoms with Gasteiger partial charge in [-0.25, -0.2) is 0 Å². The van der Waals surface area contributed by atoms with Crippen molar-refractivity contribution in [3.63, 3.8) is 0 Å². The average molecular weight is 210 g/mol. The molecule has 0 atom stereocenters. The van der Waals surface area contributed by atoms with Gasteiger partial charge in [0.15, 0.2) is 0 Å². The van der Waals surface area contributed by atoms with Crippen molar-refractivity contribution in [2.75, 3.05) is 0 Å². The van der Waals surface area contributed by atoms with Gasteiger partial charge in [-0.1, -0.05) is 30.3 Å². The Morgan fingerprint density at radius 3 is 2.56 bits per heavy atom. The van der Waals surface area contributed by atoms with E-state index in [0.29, 0.717) is 5.69 Å². The summed E-state index contributed by atoms with van der Waals surface area (Å²) < 4.78 is 0. The van der Waals surface area contributed by atoms with Crippen molar-refractivity contribution in [1.29, 1.82) is 5.26 Å². The first kappa shape index (κ1) is 10.2. The Labute approximate surface area is 93.0 Å². The highest BCUT2D eigenvalue weighted by Crippen LogP contribution is 2.20. The van der Waals surface area contributed by atoms with Gasteiger partial charge in [-0.05, 0) is 11.6 Å². The smallest absolute Gasteiger partial charge is 0.248 e. The van der Waals surface area contributed by atoms with Gasteiger partial charge >= 0.3 is 0 Å². The van der Waals surface area contributed by atoms with E-state index < -0.39 is 0 Å². The third-order valence-electron chi connectivity index (χ3n) is 2.34. The molecule has 0 fully saturated rings. The molecule has 1 aromatic carbocycles. The SMILES string of the molecule is N#CCc1[nH]c(=O)ccc1-c1ccccc1. The van der Waals surface area contributed by atoms with Gasteiger partial charge < -0.3 is 4.98 Å². The molecule has 3 nitrogen and oxygen atoms in total. The van der Waals surface area contributed by atoms with E-state index >= 15 is 0 Å². The molecular weight excluding hydrogens is 200 g/mol. The highest BCUT2D eigenvalue weighted by Gasteiger charge is 2.04. The monoisotopic (exact) mass is 210 g/mol. The zero-order valence-corrected chi connectivity index (χ0v) is 8.60. The summed E-state index contributed by atoms with van der Waals surface area (Å²) in [5.41, 5.74) is 2.40. The molecule has 16 heavy (non-hydrogen) atoms. The Kier molecular flexibility index (Phi) is 2.84. The topological polar surface area (TPSA) is 56.6 Å². The fourth-order valence-electron chi connectivity index (χ4n) is 1.62. The Morgan fingerprint density at radius 2 is 1.88 bits per heavy atom. The van der Waals surface area contributed by atoms with Crippen LogP contribution in [0.15, 0.2) is 47.3 Å².